The lowest BCUT2D eigenvalue weighted by molar-refractivity contribution is -0.138. The number of carboxylic acids is 1. The number of imide groups is 1. The van der Waals surface area contributed by atoms with Crippen LogP contribution in [-0.4, -0.2) is 40.4 Å². The molecule has 1 atom stereocenters. The Kier molecular flexibility index (Phi) is 4.14. The number of nitrogens with two attached hydrogens (primary N) is 1. The van der Waals surface area contributed by atoms with E-state index < -0.39 is 12.0 Å². The molecule has 0 fully saturated rings. The number of nitrogens with zero attached hydrogens (tertiary/aromatic N) is 1. The van der Waals surface area contributed by atoms with Gasteiger partial charge in [-0.2, -0.15) is 0 Å². The largest absolute Gasteiger partial charge is 0.480 e. The van der Waals surface area contributed by atoms with Gasteiger partial charge in [0.1, 0.15) is 6.04 Å². The quantitative estimate of drug-likeness (QED) is 0.593. The number of carbonyl (C=O) groups excluding carboxylic acids is 2. The number of unbranched alkanes of at least 4 members (excludes halogenated alkanes) is 1. The summed E-state index contributed by atoms with van der Waals surface area (Å²) in [5, 5.41) is 8.65. The second-order valence-electron chi connectivity index (χ2n) is 4.75. The van der Waals surface area contributed by atoms with Gasteiger partial charge in [0.05, 0.1) is 11.1 Å². The average molecular weight is 276 g/mol. The molecule has 3 N–H and O–H groups in total. The number of amides is 2. The first-order chi connectivity index (χ1) is 9.52. The number of fused-ring (bicyclic) bond motifs is 1. The van der Waals surface area contributed by atoms with Gasteiger partial charge in [-0.05, 0) is 31.4 Å². The van der Waals surface area contributed by atoms with E-state index in [-0.39, 0.29) is 11.8 Å². The number of hydrogen-bond acceptors (Lipinski definition) is 4. The molecule has 6 heteroatoms. The van der Waals surface area contributed by atoms with Crippen LogP contribution in [0.25, 0.3) is 0 Å². The fourth-order valence-corrected chi connectivity index (χ4v) is 2.20. The van der Waals surface area contributed by atoms with Gasteiger partial charge < -0.3 is 10.8 Å². The van der Waals surface area contributed by atoms with Crippen molar-refractivity contribution in [1.29, 1.82) is 0 Å². The Morgan fingerprint density at radius 3 is 2.20 bits per heavy atom. The fraction of sp³-hybridized carbons (Fsp3) is 0.357. The summed E-state index contributed by atoms with van der Waals surface area (Å²) >= 11 is 0. The van der Waals surface area contributed by atoms with Crippen molar-refractivity contribution in [2.75, 3.05) is 6.54 Å². The normalized spacial score (nSPS) is 15.3. The van der Waals surface area contributed by atoms with Crippen LogP contribution in [0.3, 0.4) is 0 Å². The average Bonchev–Trinajstić information content (AvgIpc) is 2.68. The monoisotopic (exact) mass is 276 g/mol. The van der Waals surface area contributed by atoms with Crippen molar-refractivity contribution in [3.8, 4) is 0 Å². The van der Waals surface area contributed by atoms with E-state index in [1.165, 1.54) is 4.90 Å². The standard InChI is InChI=1S/C14H16N2O4/c15-11(14(19)20)7-3-4-8-16-12(17)9-5-1-2-6-10(9)13(16)18/h1-2,5-6,11H,3-4,7-8,15H2,(H,19,20)/t11-/m0/s1. The van der Waals surface area contributed by atoms with Gasteiger partial charge in [-0.3, -0.25) is 19.3 Å². The minimum Gasteiger partial charge on any atom is -0.480 e. The van der Waals surface area contributed by atoms with Gasteiger partial charge >= 0.3 is 5.97 Å². The number of hydrogen-bond donors (Lipinski definition) is 2. The van der Waals surface area contributed by atoms with E-state index in [0.717, 1.165) is 0 Å². The zero-order chi connectivity index (χ0) is 14.7. The maximum absolute atomic E-state index is 12.0. The minimum absolute atomic E-state index is 0.284. The highest BCUT2D eigenvalue weighted by Gasteiger charge is 2.34. The molecule has 1 heterocycles. The molecular formula is C14H16N2O4. The molecule has 0 radical (unpaired) electrons. The van der Waals surface area contributed by atoms with Gasteiger partial charge in [-0.1, -0.05) is 12.1 Å². The molecule has 0 spiro atoms. The van der Waals surface area contributed by atoms with Gasteiger partial charge in [-0.25, -0.2) is 0 Å². The van der Waals surface area contributed by atoms with Crippen molar-refractivity contribution in [2.24, 2.45) is 5.73 Å². The van der Waals surface area contributed by atoms with E-state index in [2.05, 4.69) is 0 Å². The summed E-state index contributed by atoms with van der Waals surface area (Å²) < 4.78 is 0. The molecular weight excluding hydrogens is 260 g/mol. The molecule has 0 aliphatic carbocycles. The third-order valence-corrected chi connectivity index (χ3v) is 3.34. The lowest BCUT2D eigenvalue weighted by Gasteiger charge is -2.14. The van der Waals surface area contributed by atoms with Gasteiger partial charge in [0.15, 0.2) is 0 Å². The van der Waals surface area contributed by atoms with Gasteiger partial charge in [0.2, 0.25) is 0 Å². The molecule has 0 aromatic heterocycles. The van der Waals surface area contributed by atoms with Crippen LogP contribution in [0.2, 0.25) is 0 Å². The molecule has 1 aliphatic heterocycles. The summed E-state index contributed by atoms with van der Waals surface area (Å²) in [7, 11) is 0. The predicted octanol–water partition coefficient (Wildman–Crippen LogP) is 0.865. The second-order valence-corrected chi connectivity index (χ2v) is 4.75. The molecule has 20 heavy (non-hydrogen) atoms. The molecule has 1 aliphatic rings. The molecule has 0 bridgehead atoms. The first-order valence-electron chi connectivity index (χ1n) is 6.46. The Labute approximate surface area is 116 Å². The summed E-state index contributed by atoms with van der Waals surface area (Å²) in [6.45, 7) is 0.290. The molecule has 6 nitrogen and oxygen atoms in total. The van der Waals surface area contributed by atoms with Crippen molar-refractivity contribution < 1.29 is 19.5 Å². The van der Waals surface area contributed by atoms with E-state index in [1.54, 1.807) is 24.3 Å². The van der Waals surface area contributed by atoms with Crippen molar-refractivity contribution in [3.05, 3.63) is 35.4 Å². The SMILES string of the molecule is N[C@@H](CCCCN1C(=O)c2ccccc2C1=O)C(=O)O. The van der Waals surface area contributed by atoms with Crippen LogP contribution < -0.4 is 5.73 Å². The summed E-state index contributed by atoms with van der Waals surface area (Å²) in [6.07, 6.45) is 1.44. The summed E-state index contributed by atoms with van der Waals surface area (Å²) in [5.74, 6) is -1.60. The molecule has 0 saturated heterocycles. The fourth-order valence-electron chi connectivity index (χ4n) is 2.20. The number of carbonyl (C=O) groups is 3. The Bertz CT molecular complexity index is 521. The third-order valence-electron chi connectivity index (χ3n) is 3.34. The van der Waals surface area contributed by atoms with Crippen LogP contribution >= 0.6 is 0 Å². The van der Waals surface area contributed by atoms with Crippen LogP contribution in [-0.2, 0) is 4.79 Å². The van der Waals surface area contributed by atoms with Crippen molar-refractivity contribution >= 4 is 17.8 Å². The zero-order valence-electron chi connectivity index (χ0n) is 10.9. The maximum Gasteiger partial charge on any atom is 0.320 e. The number of benzene rings is 1. The molecule has 0 unspecified atom stereocenters. The molecule has 1 aromatic carbocycles. The molecule has 1 aromatic rings. The number of rotatable bonds is 6. The first-order valence-corrected chi connectivity index (χ1v) is 6.46. The highest BCUT2D eigenvalue weighted by atomic mass is 16.4. The van der Waals surface area contributed by atoms with E-state index in [1.807, 2.05) is 0 Å². The second kappa shape index (κ2) is 5.83. The van der Waals surface area contributed by atoms with E-state index in [0.29, 0.717) is 36.9 Å². The predicted molar refractivity (Wildman–Crippen MR) is 71.3 cm³/mol. The molecule has 106 valence electrons. The zero-order valence-corrected chi connectivity index (χ0v) is 10.9. The highest BCUT2D eigenvalue weighted by molar-refractivity contribution is 6.21. The Balaban J connectivity index is 1.88. The van der Waals surface area contributed by atoms with Gasteiger partial charge in [0.25, 0.3) is 11.8 Å². The first kappa shape index (κ1) is 14.2. The lowest BCUT2D eigenvalue weighted by atomic mass is 10.1. The Morgan fingerprint density at radius 1 is 1.15 bits per heavy atom. The van der Waals surface area contributed by atoms with E-state index >= 15 is 0 Å². The van der Waals surface area contributed by atoms with Crippen LogP contribution in [0.4, 0.5) is 0 Å². The molecule has 2 amide bonds. The van der Waals surface area contributed by atoms with Crippen molar-refractivity contribution in [3.63, 3.8) is 0 Å². The smallest absolute Gasteiger partial charge is 0.320 e. The number of aliphatic carboxylic acids is 1. The number of carboxylic acid groups (broad SMARTS) is 1. The summed E-state index contributed by atoms with van der Waals surface area (Å²) in [6, 6.07) is 5.82. The lowest BCUT2D eigenvalue weighted by Crippen LogP contribution is -2.32. The van der Waals surface area contributed by atoms with Crippen LogP contribution in [0, 0.1) is 0 Å². The Hall–Kier alpha value is -2.21. The van der Waals surface area contributed by atoms with Gasteiger partial charge in [-0.15, -0.1) is 0 Å². The van der Waals surface area contributed by atoms with Gasteiger partial charge in [0, 0.05) is 6.54 Å². The highest BCUT2D eigenvalue weighted by Crippen LogP contribution is 2.22. The maximum atomic E-state index is 12.0. The topological polar surface area (TPSA) is 101 Å². The van der Waals surface area contributed by atoms with Crippen LogP contribution in [0.1, 0.15) is 40.0 Å². The summed E-state index contributed by atoms with van der Waals surface area (Å²) in [4.78, 5) is 35.8. The summed E-state index contributed by atoms with van der Waals surface area (Å²) in [5.41, 5.74) is 6.25. The minimum atomic E-state index is -1.04. The molecule has 2 rings (SSSR count). The van der Waals surface area contributed by atoms with E-state index in [4.69, 9.17) is 10.8 Å². The third kappa shape index (κ3) is 2.70. The van der Waals surface area contributed by atoms with E-state index in [9.17, 15) is 14.4 Å². The van der Waals surface area contributed by atoms with Crippen LogP contribution in [0.15, 0.2) is 24.3 Å². The van der Waals surface area contributed by atoms with Crippen molar-refractivity contribution in [1.82, 2.24) is 4.90 Å². The Morgan fingerprint density at radius 2 is 1.70 bits per heavy atom. The molecule has 0 saturated carbocycles. The van der Waals surface area contributed by atoms with Crippen molar-refractivity contribution in [2.45, 2.75) is 25.3 Å². The van der Waals surface area contributed by atoms with Crippen LogP contribution in [0.5, 0.6) is 0 Å².